The number of hydrogen-bond acceptors (Lipinski definition) is 2. The monoisotopic (exact) mass is 252 g/mol. The van der Waals surface area contributed by atoms with Crippen molar-refractivity contribution in [3.8, 4) is 0 Å². The lowest BCUT2D eigenvalue weighted by Gasteiger charge is -2.26. The minimum atomic E-state index is -0.433. The first-order valence-electron chi connectivity index (χ1n) is 6.71. The molecule has 1 aliphatic rings. The molecule has 0 aromatic carbocycles. The Morgan fingerprint density at radius 2 is 1.83 bits per heavy atom. The van der Waals surface area contributed by atoms with Crippen molar-refractivity contribution in [2.75, 3.05) is 13.1 Å². The molecule has 0 bridgehead atoms. The number of nitrogens with zero attached hydrogens (tertiary/aromatic N) is 1. The van der Waals surface area contributed by atoms with Crippen LogP contribution in [0.15, 0.2) is 0 Å². The molecule has 1 amide bonds. The predicted octanol–water partition coefficient (Wildman–Crippen LogP) is 3.24. The topological polar surface area (TPSA) is 42.7 Å². The first-order chi connectivity index (χ1) is 8.40. The number of carbonyl (C=O) groups is 1. The van der Waals surface area contributed by atoms with E-state index >= 15 is 0 Å². The van der Waals surface area contributed by atoms with E-state index in [1.807, 2.05) is 20.8 Å². The molecule has 0 aromatic rings. The number of amides is 1. The minimum Gasteiger partial charge on any atom is -0.444 e. The summed E-state index contributed by atoms with van der Waals surface area (Å²) in [5.41, 5.74) is -0.433. The van der Waals surface area contributed by atoms with Crippen molar-refractivity contribution >= 4 is 6.09 Å². The van der Waals surface area contributed by atoms with Crippen LogP contribution in [0.3, 0.4) is 0 Å². The molecule has 1 aliphatic carbocycles. The SMILES string of the molecule is [C-]#[N+]CC1CCC(CNC(=O)OC(C)(C)C)CC1. The molecule has 1 fully saturated rings. The summed E-state index contributed by atoms with van der Waals surface area (Å²) in [5, 5.41) is 2.83. The largest absolute Gasteiger partial charge is 0.444 e. The van der Waals surface area contributed by atoms with Crippen LogP contribution in [0.2, 0.25) is 0 Å². The Labute approximate surface area is 110 Å². The zero-order valence-electron chi connectivity index (χ0n) is 11.7. The third-order valence-corrected chi connectivity index (χ3v) is 3.25. The molecular formula is C14H24N2O2. The minimum absolute atomic E-state index is 0.328. The van der Waals surface area contributed by atoms with E-state index in [9.17, 15) is 4.79 Å². The van der Waals surface area contributed by atoms with Crippen molar-refractivity contribution in [2.45, 2.75) is 52.1 Å². The molecule has 4 nitrogen and oxygen atoms in total. The maximum atomic E-state index is 11.5. The van der Waals surface area contributed by atoms with E-state index in [-0.39, 0.29) is 6.09 Å². The van der Waals surface area contributed by atoms with E-state index in [0.717, 1.165) is 25.7 Å². The van der Waals surface area contributed by atoms with Gasteiger partial charge in [-0.1, -0.05) is 0 Å². The van der Waals surface area contributed by atoms with Crippen molar-refractivity contribution in [1.29, 1.82) is 0 Å². The van der Waals surface area contributed by atoms with Crippen molar-refractivity contribution < 1.29 is 9.53 Å². The fraction of sp³-hybridized carbons (Fsp3) is 0.857. The van der Waals surface area contributed by atoms with Crippen molar-refractivity contribution in [3.05, 3.63) is 11.4 Å². The summed E-state index contributed by atoms with van der Waals surface area (Å²) in [6.45, 7) is 13.8. The third-order valence-electron chi connectivity index (χ3n) is 3.25. The molecular weight excluding hydrogens is 228 g/mol. The molecule has 0 spiro atoms. The highest BCUT2D eigenvalue weighted by atomic mass is 16.6. The normalized spacial score (nSPS) is 24.1. The molecule has 18 heavy (non-hydrogen) atoms. The molecule has 1 saturated carbocycles. The fourth-order valence-corrected chi connectivity index (χ4v) is 2.29. The van der Waals surface area contributed by atoms with Gasteiger partial charge in [-0.2, -0.15) is 0 Å². The molecule has 4 heteroatoms. The summed E-state index contributed by atoms with van der Waals surface area (Å²) in [6, 6.07) is 0. The number of ether oxygens (including phenoxy) is 1. The van der Waals surface area contributed by atoms with Crippen LogP contribution in [0.5, 0.6) is 0 Å². The average Bonchev–Trinajstić information content (AvgIpc) is 2.26. The van der Waals surface area contributed by atoms with Gasteiger partial charge in [-0.25, -0.2) is 11.4 Å². The van der Waals surface area contributed by atoms with Crippen LogP contribution in [-0.4, -0.2) is 24.8 Å². The highest BCUT2D eigenvalue weighted by Crippen LogP contribution is 2.28. The molecule has 0 saturated heterocycles. The Balaban J connectivity index is 2.18. The van der Waals surface area contributed by atoms with Crippen molar-refractivity contribution in [1.82, 2.24) is 5.32 Å². The molecule has 0 heterocycles. The number of carbonyl (C=O) groups excluding carboxylic acids is 1. The van der Waals surface area contributed by atoms with Crippen LogP contribution in [0, 0.1) is 18.4 Å². The second-order valence-electron chi connectivity index (χ2n) is 6.11. The van der Waals surface area contributed by atoms with Gasteiger partial charge >= 0.3 is 6.09 Å². The fourth-order valence-electron chi connectivity index (χ4n) is 2.29. The van der Waals surface area contributed by atoms with Gasteiger partial charge in [0.25, 0.3) is 0 Å². The Morgan fingerprint density at radius 1 is 1.28 bits per heavy atom. The molecule has 1 rings (SSSR count). The zero-order valence-corrected chi connectivity index (χ0v) is 11.7. The molecule has 0 atom stereocenters. The van der Waals surface area contributed by atoms with Gasteiger partial charge in [0.2, 0.25) is 6.54 Å². The maximum Gasteiger partial charge on any atom is 0.407 e. The highest BCUT2D eigenvalue weighted by Gasteiger charge is 2.24. The first-order valence-corrected chi connectivity index (χ1v) is 6.71. The summed E-state index contributed by atoms with van der Waals surface area (Å²) in [7, 11) is 0. The van der Waals surface area contributed by atoms with Gasteiger partial charge < -0.3 is 14.9 Å². The van der Waals surface area contributed by atoms with Crippen LogP contribution < -0.4 is 5.32 Å². The average molecular weight is 252 g/mol. The van der Waals surface area contributed by atoms with E-state index in [1.54, 1.807) is 0 Å². The van der Waals surface area contributed by atoms with Crippen molar-refractivity contribution in [2.24, 2.45) is 11.8 Å². The van der Waals surface area contributed by atoms with Gasteiger partial charge in [-0.3, -0.25) is 0 Å². The maximum absolute atomic E-state index is 11.5. The van der Waals surface area contributed by atoms with E-state index < -0.39 is 5.60 Å². The summed E-state index contributed by atoms with van der Waals surface area (Å²) >= 11 is 0. The third kappa shape index (κ3) is 5.90. The van der Waals surface area contributed by atoms with Crippen LogP contribution in [0.1, 0.15) is 46.5 Å². The summed E-state index contributed by atoms with van der Waals surface area (Å²) in [5.74, 6) is 1.11. The van der Waals surface area contributed by atoms with Crippen LogP contribution in [-0.2, 0) is 4.74 Å². The van der Waals surface area contributed by atoms with E-state index in [0.29, 0.717) is 24.9 Å². The van der Waals surface area contributed by atoms with E-state index in [2.05, 4.69) is 10.2 Å². The predicted molar refractivity (Wildman–Crippen MR) is 71.2 cm³/mol. The van der Waals surface area contributed by atoms with Crippen LogP contribution in [0.4, 0.5) is 4.79 Å². The number of hydrogen-bond donors (Lipinski definition) is 1. The molecule has 0 unspecified atom stereocenters. The van der Waals surface area contributed by atoms with Crippen LogP contribution in [0.25, 0.3) is 4.85 Å². The Kier molecular flexibility index (Phi) is 5.46. The Bertz CT molecular complexity index is 307. The molecule has 102 valence electrons. The van der Waals surface area contributed by atoms with Gasteiger partial charge in [-0.15, -0.1) is 0 Å². The molecule has 1 N–H and O–H groups in total. The lowest BCUT2D eigenvalue weighted by Crippen LogP contribution is -2.36. The summed E-state index contributed by atoms with van der Waals surface area (Å²) < 4.78 is 5.20. The molecule has 0 aromatic heterocycles. The second-order valence-corrected chi connectivity index (χ2v) is 6.11. The van der Waals surface area contributed by atoms with Gasteiger partial charge in [0, 0.05) is 12.5 Å². The zero-order chi connectivity index (χ0) is 13.6. The number of nitrogens with one attached hydrogen (secondary N) is 1. The smallest absolute Gasteiger partial charge is 0.407 e. The van der Waals surface area contributed by atoms with Crippen LogP contribution >= 0.6 is 0 Å². The van der Waals surface area contributed by atoms with E-state index in [1.165, 1.54) is 0 Å². The Morgan fingerprint density at radius 3 is 2.33 bits per heavy atom. The standard InChI is InChI=1S/C14H24N2O2/c1-14(2,3)18-13(17)16-10-12-7-5-11(6-8-12)9-15-4/h11-12H,5-10H2,1-3H3,(H,16,17). The van der Waals surface area contributed by atoms with Gasteiger partial charge in [-0.05, 0) is 52.4 Å². The van der Waals surface area contributed by atoms with Crippen molar-refractivity contribution in [3.63, 3.8) is 0 Å². The lowest BCUT2D eigenvalue weighted by atomic mass is 9.82. The second kappa shape index (κ2) is 6.63. The van der Waals surface area contributed by atoms with Gasteiger partial charge in [0.05, 0.1) is 0 Å². The highest BCUT2D eigenvalue weighted by molar-refractivity contribution is 5.67. The molecule has 0 radical (unpaired) electrons. The molecule has 0 aliphatic heterocycles. The first kappa shape index (κ1) is 14.8. The quantitative estimate of drug-likeness (QED) is 0.784. The van der Waals surface area contributed by atoms with E-state index in [4.69, 9.17) is 11.3 Å². The lowest BCUT2D eigenvalue weighted by molar-refractivity contribution is 0.0513. The number of rotatable bonds is 3. The number of alkyl carbamates (subject to hydrolysis) is 1. The Hall–Kier alpha value is -1.24. The van der Waals surface area contributed by atoms with Gasteiger partial charge in [0.15, 0.2) is 0 Å². The summed E-state index contributed by atoms with van der Waals surface area (Å²) in [4.78, 5) is 15.0. The summed E-state index contributed by atoms with van der Waals surface area (Å²) in [6.07, 6.45) is 4.11. The van der Waals surface area contributed by atoms with Gasteiger partial charge in [0.1, 0.15) is 5.60 Å².